The fourth-order valence-corrected chi connectivity index (χ4v) is 2.03. The molecule has 1 N–H and O–H groups in total. The molecule has 2 heteroatoms. The van der Waals surface area contributed by atoms with Crippen LogP contribution in [0.25, 0.3) is 0 Å². The molecule has 0 aliphatic heterocycles. The van der Waals surface area contributed by atoms with E-state index in [9.17, 15) is 0 Å². The lowest BCUT2D eigenvalue weighted by Crippen LogP contribution is -2.16. The van der Waals surface area contributed by atoms with Gasteiger partial charge in [0.1, 0.15) is 0 Å². The first-order valence-corrected chi connectivity index (χ1v) is 5.76. The molecule has 1 aromatic rings. The molecule has 1 aromatic carbocycles. The third kappa shape index (κ3) is 3.17. The molecule has 0 fully saturated rings. The van der Waals surface area contributed by atoms with Crippen molar-refractivity contribution in [1.29, 1.82) is 0 Å². The summed E-state index contributed by atoms with van der Waals surface area (Å²) in [6, 6.07) is 10.4. The lowest BCUT2D eigenvalue weighted by Gasteiger charge is -2.15. The fourth-order valence-electron chi connectivity index (χ4n) is 1.74. The van der Waals surface area contributed by atoms with E-state index in [1.165, 1.54) is 17.7 Å². The average molecular weight is 217 g/mol. The van der Waals surface area contributed by atoms with E-state index >= 15 is 0 Å². The van der Waals surface area contributed by atoms with Gasteiger partial charge in [-0.2, -0.15) is 0 Å². The van der Waals surface area contributed by atoms with E-state index in [-0.39, 0.29) is 0 Å². The Labute approximate surface area is 96.2 Å². The van der Waals surface area contributed by atoms with Gasteiger partial charge in [0.05, 0.1) is 0 Å². The Balaban J connectivity index is 1.91. The van der Waals surface area contributed by atoms with Crippen LogP contribution in [0.15, 0.2) is 42.1 Å². The van der Waals surface area contributed by atoms with Crippen LogP contribution in [0.3, 0.4) is 0 Å². The van der Waals surface area contributed by atoms with Crippen molar-refractivity contribution in [3.05, 3.63) is 47.7 Å². The molecule has 1 aliphatic rings. The van der Waals surface area contributed by atoms with E-state index in [0.717, 1.165) is 24.3 Å². The molecule has 0 spiro atoms. The highest BCUT2D eigenvalue weighted by atomic mass is 32.1. The first kappa shape index (κ1) is 10.4. The molecular weight excluding hydrogens is 202 g/mol. The van der Waals surface area contributed by atoms with Crippen LogP contribution in [0.5, 0.6) is 0 Å². The topological polar surface area (TPSA) is 12.0 Å². The summed E-state index contributed by atoms with van der Waals surface area (Å²) in [7, 11) is 0. The van der Waals surface area contributed by atoms with Crippen molar-refractivity contribution >= 4 is 17.1 Å². The van der Waals surface area contributed by atoms with Gasteiger partial charge >= 0.3 is 0 Å². The summed E-state index contributed by atoms with van der Waals surface area (Å²) in [5, 5.41) is 3.44. The highest BCUT2D eigenvalue weighted by Gasteiger charge is 2.06. The van der Waals surface area contributed by atoms with Gasteiger partial charge in [-0.1, -0.05) is 42.5 Å². The van der Waals surface area contributed by atoms with Gasteiger partial charge < -0.3 is 5.32 Å². The van der Waals surface area contributed by atoms with Crippen LogP contribution in [-0.4, -0.2) is 4.86 Å². The molecule has 15 heavy (non-hydrogen) atoms. The predicted octanol–water partition coefficient (Wildman–Crippen LogP) is 3.21. The van der Waals surface area contributed by atoms with E-state index in [4.69, 9.17) is 12.2 Å². The van der Waals surface area contributed by atoms with Crippen molar-refractivity contribution < 1.29 is 0 Å². The zero-order chi connectivity index (χ0) is 10.5. The molecule has 0 saturated heterocycles. The van der Waals surface area contributed by atoms with Crippen LogP contribution < -0.4 is 5.32 Å². The molecule has 0 heterocycles. The molecule has 0 radical (unpaired) electrons. The average Bonchev–Trinajstić information content (AvgIpc) is 2.28. The number of hydrogen-bond donors (Lipinski definition) is 1. The monoisotopic (exact) mass is 217 g/mol. The van der Waals surface area contributed by atoms with Crippen molar-refractivity contribution in [2.24, 2.45) is 0 Å². The first-order chi connectivity index (χ1) is 7.34. The van der Waals surface area contributed by atoms with E-state index in [0.29, 0.717) is 0 Å². The molecule has 0 atom stereocenters. The Morgan fingerprint density at radius 1 is 1.13 bits per heavy atom. The third-order valence-corrected chi connectivity index (χ3v) is 2.89. The lowest BCUT2D eigenvalue weighted by atomic mass is 10.0. The largest absolute Gasteiger partial charge is 0.384 e. The second-order valence-corrected chi connectivity index (χ2v) is 4.35. The van der Waals surface area contributed by atoms with Crippen molar-refractivity contribution in [3.8, 4) is 0 Å². The zero-order valence-electron chi connectivity index (χ0n) is 8.70. The van der Waals surface area contributed by atoms with Gasteiger partial charge in [-0.05, 0) is 30.9 Å². The number of allylic oxidation sites excluding steroid dienone is 2. The minimum Gasteiger partial charge on any atom is -0.384 e. The number of thiocarbonyl (C=S) groups is 1. The highest BCUT2D eigenvalue weighted by Crippen LogP contribution is 2.14. The smallest absolute Gasteiger partial charge is 0.0397 e. The molecule has 78 valence electrons. The van der Waals surface area contributed by atoms with Crippen LogP contribution in [0.1, 0.15) is 24.8 Å². The van der Waals surface area contributed by atoms with E-state index in [1.54, 1.807) is 0 Å². The number of hydrogen-bond acceptors (Lipinski definition) is 2. The van der Waals surface area contributed by atoms with Crippen LogP contribution in [0.4, 0.5) is 0 Å². The summed E-state index contributed by atoms with van der Waals surface area (Å²) in [4.78, 5) is 1.08. The molecule has 2 rings (SSSR count). The second kappa shape index (κ2) is 5.08. The van der Waals surface area contributed by atoms with Gasteiger partial charge in [0, 0.05) is 17.1 Å². The van der Waals surface area contributed by atoms with Gasteiger partial charge in [0.25, 0.3) is 0 Å². The zero-order valence-corrected chi connectivity index (χ0v) is 9.52. The van der Waals surface area contributed by atoms with Crippen molar-refractivity contribution in [1.82, 2.24) is 5.32 Å². The van der Waals surface area contributed by atoms with E-state index in [2.05, 4.69) is 35.7 Å². The van der Waals surface area contributed by atoms with Crippen molar-refractivity contribution in [2.75, 3.05) is 0 Å². The summed E-state index contributed by atoms with van der Waals surface area (Å²) >= 11 is 5.20. The van der Waals surface area contributed by atoms with Crippen LogP contribution in [0.2, 0.25) is 0 Å². The second-order valence-electron chi connectivity index (χ2n) is 3.83. The van der Waals surface area contributed by atoms with Crippen LogP contribution >= 0.6 is 12.2 Å². The summed E-state index contributed by atoms with van der Waals surface area (Å²) < 4.78 is 0. The Morgan fingerprint density at radius 3 is 2.67 bits per heavy atom. The summed E-state index contributed by atoms with van der Waals surface area (Å²) in [6.45, 7) is 0.898. The lowest BCUT2D eigenvalue weighted by molar-refractivity contribution is 0.714. The maximum atomic E-state index is 5.20. The van der Waals surface area contributed by atoms with Crippen molar-refractivity contribution in [3.63, 3.8) is 0 Å². The molecule has 0 aromatic heterocycles. The quantitative estimate of drug-likeness (QED) is 0.780. The minimum absolute atomic E-state index is 0.898. The van der Waals surface area contributed by atoms with Crippen LogP contribution in [-0.2, 0) is 6.54 Å². The van der Waals surface area contributed by atoms with Gasteiger partial charge in [0.2, 0.25) is 0 Å². The number of nitrogens with one attached hydrogen (secondary N) is 1. The predicted molar refractivity (Wildman–Crippen MR) is 67.8 cm³/mol. The standard InChI is InChI=1S/C13H15NS/c15-13-8-4-7-12(9-13)14-10-11-5-2-1-3-6-11/h1-3,5-6,9,14H,4,7-8,10H2. The maximum absolute atomic E-state index is 5.20. The highest BCUT2D eigenvalue weighted by molar-refractivity contribution is 7.80. The van der Waals surface area contributed by atoms with Gasteiger partial charge in [-0.25, -0.2) is 0 Å². The SMILES string of the molecule is S=C1C=C(NCc2ccccc2)CCC1. The van der Waals surface area contributed by atoms with Crippen LogP contribution in [0, 0.1) is 0 Å². The molecule has 0 bridgehead atoms. The number of rotatable bonds is 3. The van der Waals surface area contributed by atoms with E-state index in [1.807, 2.05) is 6.07 Å². The number of benzene rings is 1. The molecule has 1 nitrogen and oxygen atoms in total. The summed E-state index contributed by atoms with van der Waals surface area (Å²) in [6.07, 6.45) is 5.51. The molecule has 0 unspecified atom stereocenters. The van der Waals surface area contributed by atoms with Gasteiger partial charge in [-0.15, -0.1) is 0 Å². The molecule has 1 aliphatic carbocycles. The Bertz CT molecular complexity index is 367. The minimum atomic E-state index is 0.898. The fraction of sp³-hybridized carbons (Fsp3) is 0.308. The summed E-state index contributed by atoms with van der Waals surface area (Å²) in [5.74, 6) is 0. The molecular formula is C13H15NS. The van der Waals surface area contributed by atoms with Gasteiger partial charge in [0.15, 0.2) is 0 Å². The Morgan fingerprint density at radius 2 is 1.93 bits per heavy atom. The van der Waals surface area contributed by atoms with Gasteiger partial charge in [-0.3, -0.25) is 0 Å². The molecule has 0 saturated carbocycles. The maximum Gasteiger partial charge on any atom is 0.0397 e. The Hall–Kier alpha value is -1.15. The Kier molecular flexibility index (Phi) is 3.51. The molecule has 0 amide bonds. The first-order valence-electron chi connectivity index (χ1n) is 5.36. The summed E-state index contributed by atoms with van der Waals surface area (Å²) in [5.41, 5.74) is 2.60. The normalized spacial score (nSPS) is 16.0. The third-order valence-electron chi connectivity index (χ3n) is 2.57. The van der Waals surface area contributed by atoms with E-state index < -0.39 is 0 Å². The van der Waals surface area contributed by atoms with Crippen molar-refractivity contribution in [2.45, 2.75) is 25.8 Å².